The van der Waals surface area contributed by atoms with Gasteiger partial charge in [0.15, 0.2) is 0 Å². The summed E-state index contributed by atoms with van der Waals surface area (Å²) in [5.74, 6) is -1.57. The maximum atomic E-state index is 12.9. The van der Waals surface area contributed by atoms with Crippen LogP contribution in [0.4, 0.5) is 9.80 Å². The lowest BCUT2D eigenvalue weighted by Gasteiger charge is -2.22. The smallest absolute Gasteiger partial charge is 0.348 e. The normalized spacial score (nSPS) is 18.3. The van der Waals surface area contributed by atoms with Gasteiger partial charge in [-0.1, -0.05) is 23.7 Å². The molecule has 158 valence electrons. The van der Waals surface area contributed by atoms with Gasteiger partial charge in [0, 0.05) is 5.02 Å². The average molecular weight is 450 g/mol. The Labute approximate surface area is 182 Å². The number of anilines is 1. The number of hydrogen-bond donors (Lipinski definition) is 2. The average Bonchev–Trinajstić information content (AvgIpc) is 3.15. The van der Waals surface area contributed by atoms with Crippen molar-refractivity contribution in [1.29, 1.82) is 0 Å². The molecule has 0 radical (unpaired) electrons. The lowest BCUT2D eigenvalue weighted by molar-refractivity contribution is -0.133. The molecule has 1 saturated heterocycles. The molecule has 1 aliphatic heterocycles. The fourth-order valence-electron chi connectivity index (χ4n) is 3.08. The summed E-state index contributed by atoms with van der Waals surface area (Å²) in [5.41, 5.74) is -0.0707. The molecule has 2 N–H and O–H groups in total. The Hall–Kier alpha value is -2.91. The fraction of sp³-hybridized carbons (Fsp3) is 0.300. The van der Waals surface area contributed by atoms with Gasteiger partial charge in [0.05, 0.1) is 11.6 Å². The first-order chi connectivity index (χ1) is 14.2. The summed E-state index contributed by atoms with van der Waals surface area (Å²) in [7, 11) is 0. The predicted octanol–water partition coefficient (Wildman–Crippen LogP) is 3.29. The molecule has 1 aliphatic rings. The number of esters is 1. The Balaban J connectivity index is 1.70. The van der Waals surface area contributed by atoms with Gasteiger partial charge in [-0.05, 0) is 50.1 Å². The zero-order valence-corrected chi connectivity index (χ0v) is 18.1. The van der Waals surface area contributed by atoms with Crippen molar-refractivity contribution in [2.45, 2.75) is 26.3 Å². The van der Waals surface area contributed by atoms with Crippen LogP contribution in [0.15, 0.2) is 30.3 Å². The highest BCUT2D eigenvalue weighted by molar-refractivity contribution is 7.18. The van der Waals surface area contributed by atoms with Crippen molar-refractivity contribution in [3.63, 3.8) is 0 Å². The quantitative estimate of drug-likeness (QED) is 0.520. The number of aryl methyl sites for hydroxylation is 1. The van der Waals surface area contributed by atoms with Gasteiger partial charge in [-0.3, -0.25) is 14.5 Å². The first-order valence-corrected chi connectivity index (χ1v) is 10.3. The van der Waals surface area contributed by atoms with Crippen LogP contribution in [-0.2, 0) is 19.9 Å². The lowest BCUT2D eigenvalue weighted by Crippen LogP contribution is -2.42. The summed E-state index contributed by atoms with van der Waals surface area (Å²) in [6.07, 6.45) is 0. The molecule has 10 heteroatoms. The van der Waals surface area contributed by atoms with Crippen LogP contribution in [0.1, 0.15) is 34.6 Å². The molecule has 4 amide bonds. The van der Waals surface area contributed by atoms with E-state index in [1.54, 1.807) is 51.1 Å². The molecule has 30 heavy (non-hydrogen) atoms. The number of halogens is 1. The summed E-state index contributed by atoms with van der Waals surface area (Å²) in [5, 5.41) is 6.18. The van der Waals surface area contributed by atoms with Crippen molar-refractivity contribution >= 4 is 51.8 Å². The van der Waals surface area contributed by atoms with E-state index in [9.17, 15) is 19.2 Å². The second kappa shape index (κ2) is 8.45. The number of nitrogens with one attached hydrogen (secondary N) is 2. The van der Waals surface area contributed by atoms with E-state index in [0.717, 1.165) is 16.2 Å². The number of benzene rings is 1. The fourth-order valence-corrected chi connectivity index (χ4v) is 4.19. The van der Waals surface area contributed by atoms with Crippen LogP contribution in [0, 0.1) is 6.92 Å². The maximum Gasteiger partial charge on any atom is 0.348 e. The highest BCUT2D eigenvalue weighted by atomic mass is 35.5. The van der Waals surface area contributed by atoms with Gasteiger partial charge in [-0.25, -0.2) is 9.59 Å². The Morgan fingerprint density at radius 3 is 2.57 bits per heavy atom. The molecule has 0 saturated carbocycles. The number of urea groups is 1. The molecular weight excluding hydrogens is 430 g/mol. The standard InChI is InChI=1S/C20H20ClN3O5S/c1-4-29-17(26)16-11(2)9-15(30-16)22-14(25)10-24-18(27)20(3,23-19(24)28)12-5-7-13(21)8-6-12/h5-9H,4,10H2,1-3H3,(H,22,25)(H,23,28). The van der Waals surface area contributed by atoms with Gasteiger partial charge < -0.3 is 15.4 Å². The van der Waals surface area contributed by atoms with Crippen molar-refractivity contribution in [1.82, 2.24) is 10.2 Å². The highest BCUT2D eigenvalue weighted by Gasteiger charge is 2.49. The summed E-state index contributed by atoms with van der Waals surface area (Å²) in [6, 6.07) is 7.51. The van der Waals surface area contributed by atoms with Crippen molar-refractivity contribution in [2.24, 2.45) is 0 Å². The monoisotopic (exact) mass is 449 g/mol. The number of carbonyl (C=O) groups is 4. The molecule has 0 spiro atoms. The van der Waals surface area contributed by atoms with Crippen LogP contribution in [-0.4, -0.2) is 41.9 Å². The predicted molar refractivity (Wildman–Crippen MR) is 113 cm³/mol. The van der Waals surface area contributed by atoms with E-state index in [2.05, 4.69) is 10.6 Å². The van der Waals surface area contributed by atoms with E-state index in [-0.39, 0.29) is 6.61 Å². The number of thiophene rings is 1. The summed E-state index contributed by atoms with van der Waals surface area (Å²) < 4.78 is 4.98. The largest absolute Gasteiger partial charge is 0.462 e. The number of ether oxygens (including phenoxy) is 1. The van der Waals surface area contributed by atoms with Crippen LogP contribution < -0.4 is 10.6 Å². The number of rotatable bonds is 6. The first kappa shape index (κ1) is 21.8. The molecule has 3 rings (SSSR count). The van der Waals surface area contributed by atoms with Crippen LogP contribution >= 0.6 is 22.9 Å². The third kappa shape index (κ3) is 4.17. The van der Waals surface area contributed by atoms with Gasteiger partial charge in [0.25, 0.3) is 5.91 Å². The van der Waals surface area contributed by atoms with Crippen molar-refractivity contribution in [2.75, 3.05) is 18.5 Å². The molecule has 1 atom stereocenters. The number of carbonyl (C=O) groups excluding carboxylic acids is 4. The zero-order valence-electron chi connectivity index (χ0n) is 16.6. The van der Waals surface area contributed by atoms with Gasteiger partial charge >= 0.3 is 12.0 Å². The summed E-state index contributed by atoms with van der Waals surface area (Å²) in [6.45, 7) is 4.80. The Morgan fingerprint density at radius 2 is 1.93 bits per heavy atom. The minimum Gasteiger partial charge on any atom is -0.462 e. The summed E-state index contributed by atoms with van der Waals surface area (Å²) in [4.78, 5) is 50.9. The van der Waals surface area contributed by atoms with Crippen LogP contribution in [0.2, 0.25) is 5.02 Å². The number of amides is 4. The third-order valence-electron chi connectivity index (χ3n) is 4.64. The van der Waals surface area contributed by atoms with Crippen LogP contribution in [0.3, 0.4) is 0 Å². The van der Waals surface area contributed by atoms with E-state index in [1.807, 2.05) is 0 Å². The van der Waals surface area contributed by atoms with E-state index in [1.165, 1.54) is 0 Å². The second-order valence-corrected chi connectivity index (χ2v) is 8.33. The number of hydrogen-bond acceptors (Lipinski definition) is 6. The van der Waals surface area contributed by atoms with Gasteiger partial charge in [0.1, 0.15) is 17.0 Å². The van der Waals surface area contributed by atoms with E-state index in [0.29, 0.717) is 26.0 Å². The molecule has 1 fully saturated rings. The van der Waals surface area contributed by atoms with Gasteiger partial charge in [-0.15, -0.1) is 11.3 Å². The Bertz CT molecular complexity index is 1020. The first-order valence-electron chi connectivity index (χ1n) is 9.13. The number of nitrogens with zero attached hydrogens (tertiary/aromatic N) is 1. The van der Waals surface area contributed by atoms with Crippen molar-refractivity contribution < 1.29 is 23.9 Å². The SMILES string of the molecule is CCOC(=O)c1sc(NC(=O)CN2C(=O)NC(C)(c3ccc(Cl)cc3)C2=O)cc1C. The maximum absolute atomic E-state index is 12.9. The van der Waals surface area contributed by atoms with Gasteiger partial charge in [0.2, 0.25) is 5.91 Å². The zero-order chi connectivity index (χ0) is 22.1. The molecule has 1 aromatic carbocycles. The van der Waals surface area contributed by atoms with E-state index < -0.39 is 35.9 Å². The minimum atomic E-state index is -1.29. The topological polar surface area (TPSA) is 105 Å². The minimum absolute atomic E-state index is 0.246. The Kier molecular flexibility index (Phi) is 6.14. The Morgan fingerprint density at radius 1 is 1.27 bits per heavy atom. The molecule has 8 nitrogen and oxygen atoms in total. The third-order valence-corrected chi connectivity index (χ3v) is 6.02. The molecule has 2 heterocycles. The molecule has 1 unspecified atom stereocenters. The second-order valence-electron chi connectivity index (χ2n) is 6.84. The van der Waals surface area contributed by atoms with Gasteiger partial charge in [-0.2, -0.15) is 0 Å². The van der Waals surface area contributed by atoms with Crippen molar-refractivity contribution in [3.8, 4) is 0 Å². The van der Waals surface area contributed by atoms with Crippen LogP contribution in [0.25, 0.3) is 0 Å². The molecule has 2 aromatic rings. The molecule has 0 aliphatic carbocycles. The molecular formula is C20H20ClN3O5S. The number of imide groups is 1. The highest BCUT2D eigenvalue weighted by Crippen LogP contribution is 2.30. The molecule has 0 bridgehead atoms. The lowest BCUT2D eigenvalue weighted by atomic mass is 9.92. The van der Waals surface area contributed by atoms with Crippen molar-refractivity contribution in [3.05, 3.63) is 51.4 Å². The van der Waals surface area contributed by atoms with E-state index in [4.69, 9.17) is 16.3 Å². The summed E-state index contributed by atoms with van der Waals surface area (Å²) >= 11 is 6.96. The molecule has 1 aromatic heterocycles. The van der Waals surface area contributed by atoms with Crippen LogP contribution in [0.5, 0.6) is 0 Å². The van der Waals surface area contributed by atoms with E-state index >= 15 is 0 Å².